The molecule has 1 heterocycles. The number of fused-ring (bicyclic) bond motifs is 3. The van der Waals surface area contributed by atoms with Crippen LogP contribution in [0.15, 0.2) is 48.6 Å². The van der Waals surface area contributed by atoms with Crippen molar-refractivity contribution >= 4 is 23.3 Å². The minimum Gasteiger partial charge on any atom is -0.490 e. The summed E-state index contributed by atoms with van der Waals surface area (Å²) in [6.45, 7) is 2.39. The third-order valence-electron chi connectivity index (χ3n) is 9.80. The maximum Gasteiger partial charge on any atom is 0.337 e. The van der Waals surface area contributed by atoms with Crippen molar-refractivity contribution in [2.45, 2.75) is 62.9 Å². The number of carbonyl (C=O) groups excluding carboxylic acids is 1. The van der Waals surface area contributed by atoms with Gasteiger partial charge in [-0.3, -0.25) is 0 Å². The predicted molar refractivity (Wildman–Crippen MR) is 155 cm³/mol. The molecule has 6 rings (SSSR count). The summed E-state index contributed by atoms with van der Waals surface area (Å²) < 4.78 is 17.8. The van der Waals surface area contributed by atoms with E-state index in [-0.39, 0.29) is 17.5 Å². The fraction of sp³-hybridized carbons (Fsp3) is 0.545. The number of esters is 1. The Morgan fingerprint density at radius 2 is 2.05 bits per heavy atom. The van der Waals surface area contributed by atoms with Gasteiger partial charge >= 0.3 is 5.97 Å². The van der Waals surface area contributed by atoms with E-state index in [1.54, 1.807) is 0 Å². The van der Waals surface area contributed by atoms with Gasteiger partial charge in [0.05, 0.1) is 31.1 Å². The maximum absolute atomic E-state index is 12.5. The number of anilines is 1. The Labute approximate surface area is 237 Å². The Morgan fingerprint density at radius 3 is 2.79 bits per heavy atom. The molecule has 1 aliphatic heterocycles. The lowest BCUT2D eigenvalue weighted by Crippen LogP contribution is -2.50. The van der Waals surface area contributed by atoms with Crippen molar-refractivity contribution in [2.75, 3.05) is 38.8 Å². The Balaban J connectivity index is 1.35. The summed E-state index contributed by atoms with van der Waals surface area (Å²) in [7, 11) is 3.32. The number of nitrogens with zero attached hydrogens (tertiary/aromatic N) is 1. The molecule has 1 spiro atoms. The number of rotatable bonds is 6. The first-order valence-corrected chi connectivity index (χ1v) is 15.0. The van der Waals surface area contributed by atoms with Crippen molar-refractivity contribution in [1.29, 1.82) is 0 Å². The number of hydrogen-bond donors (Lipinski definition) is 0. The number of benzene rings is 2. The van der Waals surface area contributed by atoms with Crippen LogP contribution < -0.4 is 9.64 Å². The number of methoxy groups -OCH3 is 2. The van der Waals surface area contributed by atoms with E-state index in [2.05, 4.69) is 29.2 Å². The summed E-state index contributed by atoms with van der Waals surface area (Å²) >= 11 is 6.42. The van der Waals surface area contributed by atoms with Crippen molar-refractivity contribution in [2.24, 2.45) is 17.8 Å². The average Bonchev–Trinajstić information content (AvgIpc) is 3.10. The van der Waals surface area contributed by atoms with Crippen LogP contribution in [0.4, 0.5) is 5.69 Å². The molecule has 0 saturated heterocycles. The van der Waals surface area contributed by atoms with E-state index in [1.807, 2.05) is 31.4 Å². The summed E-state index contributed by atoms with van der Waals surface area (Å²) in [5.41, 5.74) is 4.12. The molecule has 208 valence electrons. The van der Waals surface area contributed by atoms with E-state index in [1.165, 1.54) is 50.3 Å². The maximum atomic E-state index is 12.5. The summed E-state index contributed by atoms with van der Waals surface area (Å²) in [5.74, 6) is 2.09. The van der Waals surface area contributed by atoms with Crippen molar-refractivity contribution < 1.29 is 19.0 Å². The Kier molecular flexibility index (Phi) is 7.65. The molecule has 0 unspecified atom stereocenters. The van der Waals surface area contributed by atoms with Crippen LogP contribution >= 0.6 is 11.6 Å². The van der Waals surface area contributed by atoms with Crippen LogP contribution in [0.25, 0.3) is 0 Å². The molecule has 6 heteroatoms. The normalized spacial score (nSPS) is 28.5. The topological polar surface area (TPSA) is 48.0 Å². The molecular weight excluding hydrogens is 510 g/mol. The van der Waals surface area contributed by atoms with Crippen molar-refractivity contribution in [3.05, 3.63) is 70.3 Å². The monoisotopic (exact) mass is 549 g/mol. The molecule has 0 amide bonds. The molecule has 0 radical (unpaired) electrons. The van der Waals surface area contributed by atoms with Crippen LogP contribution in [0.1, 0.15) is 66.4 Å². The highest BCUT2D eigenvalue weighted by molar-refractivity contribution is 6.30. The number of allylic oxidation sites excluding steroid dienone is 1. The SMILES string of the molecule is COC(=O)c1ccc2c(c1)N(C[C@@H]1CC[C@H]1[C@@H](OC)[C@H]1C=CCCC1)C[C@@]1(CCCc3cc(Cl)ccc31)CO2. The molecule has 39 heavy (non-hydrogen) atoms. The van der Waals surface area contributed by atoms with Crippen LogP contribution in [0.5, 0.6) is 5.75 Å². The van der Waals surface area contributed by atoms with Gasteiger partial charge in [0.2, 0.25) is 0 Å². The minimum atomic E-state index is -0.320. The van der Waals surface area contributed by atoms with Crippen LogP contribution in [-0.4, -0.2) is 46.0 Å². The first kappa shape index (κ1) is 26.7. The summed E-state index contributed by atoms with van der Waals surface area (Å²) in [6.07, 6.45) is 14.3. The number of carbonyl (C=O) groups is 1. The number of halogens is 1. The highest BCUT2D eigenvalue weighted by Gasteiger charge is 2.45. The van der Waals surface area contributed by atoms with Crippen LogP contribution in [0.3, 0.4) is 0 Å². The third kappa shape index (κ3) is 5.09. The van der Waals surface area contributed by atoms with Gasteiger partial charge in [-0.15, -0.1) is 0 Å². The fourth-order valence-corrected chi connectivity index (χ4v) is 7.87. The van der Waals surface area contributed by atoms with Gasteiger partial charge in [0, 0.05) is 36.6 Å². The summed E-state index contributed by atoms with van der Waals surface area (Å²) in [5, 5.41) is 0.794. The first-order chi connectivity index (χ1) is 19.0. The van der Waals surface area contributed by atoms with Gasteiger partial charge in [-0.1, -0.05) is 29.8 Å². The Bertz CT molecular complexity index is 1240. The molecule has 0 bridgehead atoms. The zero-order valence-corrected chi connectivity index (χ0v) is 23.9. The molecule has 0 N–H and O–H groups in total. The quantitative estimate of drug-likeness (QED) is 0.287. The largest absolute Gasteiger partial charge is 0.490 e. The molecule has 1 saturated carbocycles. The van der Waals surface area contributed by atoms with Crippen LogP contribution in [0, 0.1) is 17.8 Å². The van der Waals surface area contributed by atoms with Gasteiger partial charge in [-0.2, -0.15) is 0 Å². The van der Waals surface area contributed by atoms with Crippen LogP contribution in [0.2, 0.25) is 5.02 Å². The second-order valence-electron chi connectivity index (χ2n) is 12.0. The standard InChI is InChI=1S/C33H40ClNO4/c1-37-31(22-7-4-3-5-8-22)27-13-10-25(27)19-35-20-33(16-6-9-23-17-26(34)12-14-28(23)33)21-39-30-15-11-24(18-29(30)35)32(36)38-2/h4,7,11-12,14-15,17-18,22,25,27,31H,3,5-6,8-10,13,16,19-21H2,1-2H3/t22-,25-,27+,31-,33-/m0/s1. The van der Waals surface area contributed by atoms with Crippen molar-refractivity contribution in [3.8, 4) is 5.75 Å². The van der Waals surface area contributed by atoms with E-state index < -0.39 is 0 Å². The predicted octanol–water partition coefficient (Wildman–Crippen LogP) is 7.00. The van der Waals surface area contributed by atoms with E-state index >= 15 is 0 Å². The number of aryl methyl sites for hydroxylation is 1. The zero-order valence-electron chi connectivity index (χ0n) is 23.2. The zero-order chi connectivity index (χ0) is 27.0. The highest BCUT2D eigenvalue weighted by Crippen LogP contribution is 2.48. The lowest BCUT2D eigenvalue weighted by molar-refractivity contribution is -0.0426. The molecule has 4 aliphatic rings. The van der Waals surface area contributed by atoms with Gasteiger partial charge in [-0.05, 0) is 105 Å². The second-order valence-corrected chi connectivity index (χ2v) is 12.4. The molecule has 3 aliphatic carbocycles. The van der Waals surface area contributed by atoms with E-state index in [0.29, 0.717) is 29.9 Å². The molecular formula is C33H40ClNO4. The second kappa shape index (κ2) is 11.2. The smallest absolute Gasteiger partial charge is 0.337 e. The molecule has 2 aromatic carbocycles. The molecule has 5 nitrogen and oxygen atoms in total. The van der Waals surface area contributed by atoms with Crippen LogP contribution in [-0.2, 0) is 21.3 Å². The number of hydrogen-bond acceptors (Lipinski definition) is 5. The third-order valence-corrected chi connectivity index (χ3v) is 10.0. The van der Waals surface area contributed by atoms with Gasteiger partial charge < -0.3 is 19.1 Å². The van der Waals surface area contributed by atoms with Gasteiger partial charge in [-0.25, -0.2) is 4.79 Å². The Hall–Kier alpha value is -2.50. The summed E-state index contributed by atoms with van der Waals surface area (Å²) in [6, 6.07) is 12.1. The lowest BCUT2D eigenvalue weighted by atomic mass is 9.66. The number of ether oxygens (including phenoxy) is 3. The molecule has 2 aromatic rings. The molecule has 5 atom stereocenters. The minimum absolute atomic E-state index is 0.130. The molecule has 0 aromatic heterocycles. The van der Waals surface area contributed by atoms with E-state index in [9.17, 15) is 4.79 Å². The van der Waals surface area contributed by atoms with E-state index in [4.69, 9.17) is 25.8 Å². The van der Waals surface area contributed by atoms with Crippen molar-refractivity contribution in [3.63, 3.8) is 0 Å². The highest BCUT2D eigenvalue weighted by atomic mass is 35.5. The van der Waals surface area contributed by atoms with Crippen molar-refractivity contribution in [1.82, 2.24) is 0 Å². The van der Waals surface area contributed by atoms with Gasteiger partial charge in [0.1, 0.15) is 5.75 Å². The van der Waals surface area contributed by atoms with E-state index in [0.717, 1.165) is 48.8 Å². The fourth-order valence-electron chi connectivity index (χ4n) is 7.68. The lowest BCUT2D eigenvalue weighted by Gasteiger charge is -2.47. The van der Waals surface area contributed by atoms with Gasteiger partial charge in [0.15, 0.2) is 0 Å². The van der Waals surface area contributed by atoms with Gasteiger partial charge in [0.25, 0.3) is 0 Å². The first-order valence-electron chi connectivity index (χ1n) is 14.6. The Morgan fingerprint density at radius 1 is 1.15 bits per heavy atom. The summed E-state index contributed by atoms with van der Waals surface area (Å²) in [4.78, 5) is 15.0. The molecule has 1 fully saturated rings. The average molecular weight is 550 g/mol.